The number of rotatable bonds is 3. The standard InChI is InChI=1S/C15H15FN2O/c1-10(13-5-6-17-9-14(13)16)19-12-2-3-15-11(8-12)4-7-18-15/h2,4-10,15,18H,3H2,1H3. The number of halogens is 1. The predicted octanol–water partition coefficient (Wildman–Crippen LogP) is 3.00. The van der Waals surface area contributed by atoms with Gasteiger partial charge in [-0.15, -0.1) is 0 Å². The quantitative estimate of drug-likeness (QED) is 0.905. The molecule has 3 nitrogen and oxygen atoms in total. The van der Waals surface area contributed by atoms with E-state index in [1.54, 1.807) is 12.3 Å². The highest BCUT2D eigenvalue weighted by molar-refractivity contribution is 5.39. The van der Waals surface area contributed by atoms with Crippen molar-refractivity contribution in [1.82, 2.24) is 10.3 Å². The normalized spacial score (nSPS) is 22.1. The van der Waals surface area contributed by atoms with Crippen LogP contribution in [0.15, 0.2) is 54.2 Å². The maximum Gasteiger partial charge on any atom is 0.148 e. The third-order valence-corrected chi connectivity index (χ3v) is 3.39. The highest BCUT2D eigenvalue weighted by Crippen LogP contribution is 2.28. The van der Waals surface area contributed by atoms with Gasteiger partial charge >= 0.3 is 0 Å². The summed E-state index contributed by atoms with van der Waals surface area (Å²) in [7, 11) is 0. The van der Waals surface area contributed by atoms with Crippen LogP contribution in [0.25, 0.3) is 0 Å². The molecule has 0 amide bonds. The molecule has 2 atom stereocenters. The Hall–Kier alpha value is -2.10. The van der Waals surface area contributed by atoms with Crippen LogP contribution < -0.4 is 5.32 Å². The first-order valence-corrected chi connectivity index (χ1v) is 6.34. The molecule has 2 aliphatic rings. The van der Waals surface area contributed by atoms with Crippen molar-refractivity contribution in [3.05, 3.63) is 65.6 Å². The highest BCUT2D eigenvalue weighted by Gasteiger charge is 2.20. The summed E-state index contributed by atoms with van der Waals surface area (Å²) in [5.74, 6) is 0.461. The van der Waals surface area contributed by atoms with Crippen LogP contribution in [0.1, 0.15) is 25.0 Å². The number of pyridine rings is 1. The lowest BCUT2D eigenvalue weighted by Crippen LogP contribution is -2.22. The molecule has 0 bridgehead atoms. The van der Waals surface area contributed by atoms with Gasteiger partial charge in [-0.1, -0.05) is 0 Å². The van der Waals surface area contributed by atoms with Gasteiger partial charge in [0.15, 0.2) is 0 Å². The second-order valence-corrected chi connectivity index (χ2v) is 4.70. The molecule has 1 aliphatic heterocycles. The van der Waals surface area contributed by atoms with Crippen molar-refractivity contribution in [2.24, 2.45) is 0 Å². The van der Waals surface area contributed by atoms with Gasteiger partial charge in [-0.05, 0) is 49.4 Å². The van der Waals surface area contributed by atoms with Gasteiger partial charge in [0.2, 0.25) is 0 Å². The van der Waals surface area contributed by atoms with E-state index in [0.29, 0.717) is 11.6 Å². The van der Waals surface area contributed by atoms with Gasteiger partial charge in [0.25, 0.3) is 0 Å². The maximum absolute atomic E-state index is 13.6. The van der Waals surface area contributed by atoms with Crippen LogP contribution in [-0.4, -0.2) is 11.0 Å². The lowest BCUT2D eigenvalue weighted by Gasteiger charge is -2.21. The van der Waals surface area contributed by atoms with Gasteiger partial charge in [-0.2, -0.15) is 0 Å². The van der Waals surface area contributed by atoms with Crippen molar-refractivity contribution in [2.75, 3.05) is 0 Å². The summed E-state index contributed by atoms with van der Waals surface area (Å²) < 4.78 is 19.4. The van der Waals surface area contributed by atoms with E-state index in [-0.39, 0.29) is 11.9 Å². The number of hydrogen-bond acceptors (Lipinski definition) is 3. The Morgan fingerprint density at radius 1 is 1.53 bits per heavy atom. The Morgan fingerprint density at radius 3 is 3.26 bits per heavy atom. The zero-order valence-electron chi connectivity index (χ0n) is 10.6. The van der Waals surface area contributed by atoms with Gasteiger partial charge in [0.05, 0.1) is 12.2 Å². The van der Waals surface area contributed by atoms with E-state index in [1.807, 2.05) is 31.4 Å². The average Bonchev–Trinajstić information content (AvgIpc) is 2.86. The molecule has 1 aromatic heterocycles. The molecule has 0 spiro atoms. The molecule has 4 heteroatoms. The first-order valence-electron chi connectivity index (χ1n) is 6.34. The fourth-order valence-electron chi connectivity index (χ4n) is 2.35. The predicted molar refractivity (Wildman–Crippen MR) is 70.5 cm³/mol. The van der Waals surface area contributed by atoms with Crippen LogP contribution in [0.3, 0.4) is 0 Å². The van der Waals surface area contributed by atoms with Crippen molar-refractivity contribution in [3.63, 3.8) is 0 Å². The van der Waals surface area contributed by atoms with Gasteiger partial charge in [0, 0.05) is 11.8 Å². The van der Waals surface area contributed by atoms with Gasteiger partial charge in [0.1, 0.15) is 17.7 Å². The minimum absolute atomic E-state index is 0.332. The Kier molecular flexibility index (Phi) is 3.07. The van der Waals surface area contributed by atoms with E-state index in [1.165, 1.54) is 11.8 Å². The van der Waals surface area contributed by atoms with Crippen LogP contribution in [0.2, 0.25) is 0 Å². The molecular weight excluding hydrogens is 243 g/mol. The smallest absolute Gasteiger partial charge is 0.148 e. The first kappa shape index (κ1) is 12.0. The summed E-state index contributed by atoms with van der Waals surface area (Å²) in [5, 5.41) is 3.26. The second kappa shape index (κ2) is 4.88. The van der Waals surface area contributed by atoms with Crippen molar-refractivity contribution in [1.29, 1.82) is 0 Å². The number of fused-ring (bicyclic) bond motifs is 1. The van der Waals surface area contributed by atoms with E-state index in [4.69, 9.17) is 4.74 Å². The summed E-state index contributed by atoms with van der Waals surface area (Å²) in [6.07, 6.45) is 11.4. The Bertz CT molecular complexity index is 577. The van der Waals surface area contributed by atoms with Crippen LogP contribution in [0.4, 0.5) is 4.39 Å². The summed E-state index contributed by atoms with van der Waals surface area (Å²) in [4.78, 5) is 3.74. The van der Waals surface area contributed by atoms with Crippen LogP contribution >= 0.6 is 0 Å². The van der Waals surface area contributed by atoms with Crippen molar-refractivity contribution >= 4 is 0 Å². The van der Waals surface area contributed by atoms with Crippen molar-refractivity contribution < 1.29 is 9.13 Å². The second-order valence-electron chi connectivity index (χ2n) is 4.70. The molecule has 1 aromatic rings. The minimum Gasteiger partial charge on any atom is -0.486 e. The lowest BCUT2D eigenvalue weighted by molar-refractivity contribution is 0.137. The Labute approximate surface area is 111 Å². The first-order chi connectivity index (χ1) is 9.24. The average molecular weight is 258 g/mol. The number of hydrogen-bond donors (Lipinski definition) is 1. The number of ether oxygens (including phenoxy) is 1. The van der Waals surface area contributed by atoms with Gasteiger partial charge in [-0.25, -0.2) is 4.39 Å². The van der Waals surface area contributed by atoms with E-state index in [9.17, 15) is 4.39 Å². The van der Waals surface area contributed by atoms with Crippen LogP contribution in [-0.2, 0) is 4.74 Å². The van der Waals surface area contributed by atoms with E-state index in [0.717, 1.165) is 12.2 Å². The van der Waals surface area contributed by atoms with Crippen molar-refractivity contribution in [2.45, 2.75) is 25.5 Å². The molecule has 1 N–H and O–H groups in total. The monoisotopic (exact) mass is 258 g/mol. The summed E-state index contributed by atoms with van der Waals surface area (Å²) in [6.45, 7) is 1.84. The number of aromatic nitrogens is 1. The fourth-order valence-corrected chi connectivity index (χ4v) is 2.35. The molecule has 3 rings (SSSR count). The SMILES string of the molecule is CC(OC1=CCC2NC=CC2=C1)c1ccncc1F. The molecule has 0 saturated carbocycles. The van der Waals surface area contributed by atoms with Crippen molar-refractivity contribution in [3.8, 4) is 0 Å². The molecule has 0 saturated heterocycles. The summed E-state index contributed by atoms with van der Waals surface area (Å²) in [6, 6.07) is 2.01. The Balaban J connectivity index is 1.74. The lowest BCUT2D eigenvalue weighted by atomic mass is 10.0. The molecule has 2 heterocycles. The molecule has 0 aromatic carbocycles. The molecular formula is C15H15FN2O. The van der Waals surface area contributed by atoms with E-state index in [2.05, 4.69) is 10.3 Å². The number of nitrogens with zero attached hydrogens (tertiary/aromatic N) is 1. The summed E-state index contributed by atoms with van der Waals surface area (Å²) in [5.41, 5.74) is 1.73. The molecule has 0 radical (unpaired) electrons. The van der Waals surface area contributed by atoms with Crippen LogP contribution in [0, 0.1) is 5.82 Å². The molecule has 19 heavy (non-hydrogen) atoms. The molecule has 0 fully saturated rings. The zero-order valence-corrected chi connectivity index (χ0v) is 10.6. The zero-order chi connectivity index (χ0) is 13.2. The third kappa shape index (κ3) is 2.38. The maximum atomic E-state index is 13.6. The summed E-state index contributed by atoms with van der Waals surface area (Å²) >= 11 is 0. The molecule has 2 unspecified atom stereocenters. The van der Waals surface area contributed by atoms with Gasteiger partial charge < -0.3 is 10.1 Å². The number of allylic oxidation sites excluding steroid dienone is 1. The van der Waals surface area contributed by atoms with E-state index >= 15 is 0 Å². The third-order valence-electron chi connectivity index (χ3n) is 3.39. The minimum atomic E-state index is -0.334. The molecule has 98 valence electrons. The highest BCUT2D eigenvalue weighted by atomic mass is 19.1. The topological polar surface area (TPSA) is 34.1 Å². The number of nitrogens with one attached hydrogen (secondary N) is 1. The van der Waals surface area contributed by atoms with E-state index < -0.39 is 0 Å². The van der Waals surface area contributed by atoms with Gasteiger partial charge in [-0.3, -0.25) is 4.98 Å². The largest absolute Gasteiger partial charge is 0.486 e. The molecule has 1 aliphatic carbocycles. The fraction of sp³-hybridized carbons (Fsp3) is 0.267. The van der Waals surface area contributed by atoms with Crippen LogP contribution in [0.5, 0.6) is 0 Å². The Morgan fingerprint density at radius 2 is 2.42 bits per heavy atom.